The maximum atomic E-state index is 11.3. The molecule has 3 amide bonds. The minimum atomic E-state index is -0.399. The summed E-state index contributed by atoms with van der Waals surface area (Å²) < 4.78 is 0. The van der Waals surface area contributed by atoms with Gasteiger partial charge in [-0.15, -0.1) is 0 Å². The van der Waals surface area contributed by atoms with E-state index in [9.17, 15) is 9.59 Å². The summed E-state index contributed by atoms with van der Waals surface area (Å²) in [6, 6.07) is -0.375. The van der Waals surface area contributed by atoms with E-state index in [-0.39, 0.29) is 17.4 Å². The third-order valence-corrected chi connectivity index (χ3v) is 3.16. The van der Waals surface area contributed by atoms with Crippen molar-refractivity contribution >= 4 is 11.9 Å². The van der Waals surface area contributed by atoms with Crippen LogP contribution in [0.25, 0.3) is 0 Å². The minimum absolute atomic E-state index is 0.0242. The highest BCUT2D eigenvalue weighted by Crippen LogP contribution is 2.30. The average Bonchev–Trinajstić information content (AvgIpc) is 2.12. The number of primary amides is 1. The second kappa shape index (κ2) is 5.59. The molecule has 0 spiro atoms. The molecule has 0 radical (unpaired) electrons. The number of nitrogens with zero attached hydrogens (tertiary/aromatic N) is 1. The number of hydrogen-bond acceptors (Lipinski definition) is 2. The fourth-order valence-electron chi connectivity index (χ4n) is 2.79. The molecule has 18 heavy (non-hydrogen) atoms. The molecule has 3 N–H and O–H groups in total. The van der Waals surface area contributed by atoms with Crippen molar-refractivity contribution in [2.45, 2.75) is 46.6 Å². The van der Waals surface area contributed by atoms with Gasteiger partial charge in [-0.3, -0.25) is 4.79 Å². The van der Waals surface area contributed by atoms with Gasteiger partial charge in [0, 0.05) is 26.1 Å². The molecule has 1 saturated heterocycles. The molecule has 5 heteroatoms. The molecule has 1 heterocycles. The monoisotopic (exact) mass is 255 g/mol. The summed E-state index contributed by atoms with van der Waals surface area (Å²) in [5.74, 6) is 0.337. The van der Waals surface area contributed by atoms with E-state index >= 15 is 0 Å². The fraction of sp³-hybridized carbons (Fsp3) is 0.846. The van der Waals surface area contributed by atoms with Crippen molar-refractivity contribution in [2.75, 3.05) is 13.1 Å². The van der Waals surface area contributed by atoms with E-state index in [1.165, 1.54) is 6.92 Å². The molecule has 2 atom stereocenters. The lowest BCUT2D eigenvalue weighted by molar-refractivity contribution is -0.120. The van der Waals surface area contributed by atoms with Crippen LogP contribution >= 0.6 is 0 Å². The molecular formula is C13H25N3O2. The van der Waals surface area contributed by atoms with Gasteiger partial charge in [-0.2, -0.15) is 0 Å². The van der Waals surface area contributed by atoms with E-state index in [2.05, 4.69) is 26.1 Å². The molecule has 0 aliphatic carbocycles. The molecule has 0 aromatic heterocycles. The summed E-state index contributed by atoms with van der Waals surface area (Å²) in [4.78, 5) is 24.1. The molecule has 1 aliphatic rings. The van der Waals surface area contributed by atoms with E-state index in [0.29, 0.717) is 19.0 Å². The van der Waals surface area contributed by atoms with Crippen LogP contribution in [0.2, 0.25) is 0 Å². The minimum Gasteiger partial charge on any atom is -0.352 e. The number of carbonyl (C=O) groups is 2. The third kappa shape index (κ3) is 4.94. The molecule has 0 aromatic rings. The van der Waals surface area contributed by atoms with E-state index in [4.69, 9.17) is 5.73 Å². The molecule has 0 bridgehead atoms. The van der Waals surface area contributed by atoms with E-state index < -0.39 is 6.03 Å². The summed E-state index contributed by atoms with van der Waals surface area (Å²) in [6.45, 7) is 9.27. The Balaban J connectivity index is 2.68. The van der Waals surface area contributed by atoms with Gasteiger partial charge in [0.05, 0.1) is 0 Å². The van der Waals surface area contributed by atoms with E-state index in [1.807, 2.05) is 0 Å². The first-order valence-corrected chi connectivity index (χ1v) is 6.49. The van der Waals surface area contributed by atoms with Crippen LogP contribution in [0, 0.1) is 11.3 Å². The number of rotatable bonds is 2. The largest absolute Gasteiger partial charge is 0.352 e. The van der Waals surface area contributed by atoms with Crippen LogP contribution in [0.3, 0.4) is 0 Å². The first kappa shape index (κ1) is 14.8. The van der Waals surface area contributed by atoms with Gasteiger partial charge >= 0.3 is 6.03 Å². The molecule has 0 aromatic carbocycles. The summed E-state index contributed by atoms with van der Waals surface area (Å²) in [7, 11) is 0. The lowest BCUT2D eigenvalue weighted by Crippen LogP contribution is -2.54. The number of hydrogen-bond donors (Lipinski definition) is 2. The highest BCUT2D eigenvalue weighted by molar-refractivity contribution is 5.74. The zero-order valence-electron chi connectivity index (χ0n) is 11.8. The van der Waals surface area contributed by atoms with Crippen molar-refractivity contribution in [1.29, 1.82) is 0 Å². The molecule has 1 aliphatic heterocycles. The van der Waals surface area contributed by atoms with Crippen LogP contribution in [0.5, 0.6) is 0 Å². The number of nitrogens with one attached hydrogen (secondary N) is 1. The number of urea groups is 1. The average molecular weight is 255 g/mol. The molecular weight excluding hydrogens is 230 g/mol. The molecule has 5 nitrogen and oxygen atoms in total. The fourth-order valence-corrected chi connectivity index (χ4v) is 2.79. The summed E-state index contributed by atoms with van der Waals surface area (Å²) in [6.07, 6.45) is 1.94. The van der Waals surface area contributed by atoms with Crippen LogP contribution in [-0.2, 0) is 4.79 Å². The van der Waals surface area contributed by atoms with Crippen LogP contribution in [-0.4, -0.2) is 36.0 Å². The van der Waals surface area contributed by atoms with Gasteiger partial charge in [0.2, 0.25) is 5.91 Å². The standard InChI is InChI=1S/C13H25N3O2/c1-9(17)15-11-5-10(6-13(2,3)4)7-16(8-11)12(14)18/h10-11H,5-8H2,1-4H3,(H2,14,18)(H,15,17). The first-order valence-electron chi connectivity index (χ1n) is 6.49. The lowest BCUT2D eigenvalue weighted by atomic mass is 9.80. The number of amides is 3. The van der Waals surface area contributed by atoms with Gasteiger partial charge < -0.3 is 16.0 Å². The summed E-state index contributed by atoms with van der Waals surface area (Å²) >= 11 is 0. The van der Waals surface area contributed by atoms with Gasteiger partial charge in [-0.25, -0.2) is 4.79 Å². The second-order valence-electron chi connectivity index (χ2n) is 6.51. The number of carbonyl (C=O) groups excluding carboxylic acids is 2. The topological polar surface area (TPSA) is 75.4 Å². The zero-order valence-corrected chi connectivity index (χ0v) is 11.8. The predicted molar refractivity (Wildman–Crippen MR) is 70.9 cm³/mol. The van der Waals surface area contributed by atoms with Gasteiger partial charge in [0.15, 0.2) is 0 Å². The van der Waals surface area contributed by atoms with Crippen molar-refractivity contribution in [3.05, 3.63) is 0 Å². The Morgan fingerprint density at radius 3 is 2.39 bits per heavy atom. The molecule has 0 saturated carbocycles. The lowest BCUT2D eigenvalue weighted by Gasteiger charge is -2.39. The predicted octanol–water partition coefficient (Wildman–Crippen LogP) is 1.33. The number of piperidine rings is 1. The third-order valence-electron chi connectivity index (χ3n) is 3.16. The number of likely N-dealkylation sites (tertiary alicyclic amines) is 1. The van der Waals surface area contributed by atoms with Crippen molar-refractivity contribution in [3.8, 4) is 0 Å². The Kier molecular flexibility index (Phi) is 4.59. The number of nitrogens with two attached hydrogens (primary N) is 1. The SMILES string of the molecule is CC(=O)NC1CC(CC(C)(C)C)CN(C(N)=O)C1. The van der Waals surface area contributed by atoms with E-state index in [1.54, 1.807) is 4.90 Å². The smallest absolute Gasteiger partial charge is 0.314 e. The molecule has 1 rings (SSSR count). The van der Waals surface area contributed by atoms with Crippen molar-refractivity contribution in [1.82, 2.24) is 10.2 Å². The Labute approximate surface area is 109 Å². The summed E-state index contributed by atoms with van der Waals surface area (Å²) in [5, 5.41) is 2.89. The van der Waals surface area contributed by atoms with Crippen molar-refractivity contribution in [3.63, 3.8) is 0 Å². The molecule has 1 fully saturated rings. The zero-order chi connectivity index (χ0) is 13.9. The summed E-state index contributed by atoms with van der Waals surface area (Å²) in [5.41, 5.74) is 5.57. The highest BCUT2D eigenvalue weighted by Gasteiger charge is 2.31. The van der Waals surface area contributed by atoms with Gasteiger partial charge in [-0.1, -0.05) is 20.8 Å². The Morgan fingerprint density at radius 2 is 1.94 bits per heavy atom. The van der Waals surface area contributed by atoms with Gasteiger partial charge in [-0.05, 0) is 24.2 Å². The Bertz CT molecular complexity index is 323. The normalized spacial score (nSPS) is 24.8. The van der Waals surface area contributed by atoms with Crippen molar-refractivity contribution in [2.24, 2.45) is 17.1 Å². The van der Waals surface area contributed by atoms with E-state index in [0.717, 1.165) is 12.8 Å². The molecule has 2 unspecified atom stereocenters. The molecule has 104 valence electrons. The van der Waals surface area contributed by atoms with Gasteiger partial charge in [0.1, 0.15) is 0 Å². The Morgan fingerprint density at radius 1 is 1.33 bits per heavy atom. The van der Waals surface area contributed by atoms with Crippen LogP contribution < -0.4 is 11.1 Å². The van der Waals surface area contributed by atoms with Crippen molar-refractivity contribution < 1.29 is 9.59 Å². The maximum absolute atomic E-state index is 11.3. The van der Waals surface area contributed by atoms with Crippen LogP contribution in [0.15, 0.2) is 0 Å². The quantitative estimate of drug-likeness (QED) is 0.781. The first-order chi connectivity index (χ1) is 8.17. The maximum Gasteiger partial charge on any atom is 0.314 e. The van der Waals surface area contributed by atoms with Crippen LogP contribution in [0.1, 0.15) is 40.5 Å². The Hall–Kier alpha value is -1.26. The second-order valence-corrected chi connectivity index (χ2v) is 6.51. The van der Waals surface area contributed by atoms with Crippen LogP contribution in [0.4, 0.5) is 4.79 Å². The van der Waals surface area contributed by atoms with Gasteiger partial charge in [0.25, 0.3) is 0 Å². The highest BCUT2D eigenvalue weighted by atomic mass is 16.2.